The van der Waals surface area contributed by atoms with E-state index >= 15 is 0 Å². The number of morpholine rings is 1. The van der Waals surface area contributed by atoms with Crippen LogP contribution in [0.25, 0.3) is 0 Å². The van der Waals surface area contributed by atoms with E-state index in [1.807, 2.05) is 0 Å². The van der Waals surface area contributed by atoms with Crippen molar-refractivity contribution in [3.8, 4) is 0 Å². The summed E-state index contributed by atoms with van der Waals surface area (Å²) in [4.78, 5) is 12.4. The molecular formula is C18H26BrClN2O2. The maximum atomic E-state index is 12.4. The van der Waals surface area contributed by atoms with Gasteiger partial charge in [-0.25, -0.2) is 0 Å². The molecule has 1 heterocycles. The van der Waals surface area contributed by atoms with E-state index in [1.165, 1.54) is 24.8 Å². The zero-order chi connectivity index (χ0) is 16.1. The summed E-state index contributed by atoms with van der Waals surface area (Å²) in [5.41, 5.74) is 1.38. The van der Waals surface area contributed by atoms with Gasteiger partial charge >= 0.3 is 0 Å². The van der Waals surface area contributed by atoms with Crippen LogP contribution in [-0.2, 0) is 14.9 Å². The van der Waals surface area contributed by atoms with Crippen LogP contribution in [-0.4, -0.2) is 38.3 Å². The van der Waals surface area contributed by atoms with Crippen LogP contribution in [0.2, 0.25) is 0 Å². The summed E-state index contributed by atoms with van der Waals surface area (Å²) in [5, 5.41) is 6.37. The van der Waals surface area contributed by atoms with Crippen molar-refractivity contribution in [2.45, 2.75) is 43.6 Å². The Morgan fingerprint density at radius 3 is 2.79 bits per heavy atom. The van der Waals surface area contributed by atoms with Gasteiger partial charge in [0.1, 0.15) is 6.10 Å². The van der Waals surface area contributed by atoms with Crippen LogP contribution in [0.15, 0.2) is 28.7 Å². The molecule has 3 rings (SSSR count). The minimum Gasteiger partial charge on any atom is -0.366 e. The number of halogens is 2. The second-order valence-corrected chi connectivity index (χ2v) is 7.55. The number of amides is 1. The van der Waals surface area contributed by atoms with E-state index in [0.29, 0.717) is 19.7 Å². The highest BCUT2D eigenvalue weighted by molar-refractivity contribution is 9.10. The number of rotatable bonds is 4. The fourth-order valence-corrected chi connectivity index (χ4v) is 4.12. The Bertz CT molecular complexity index is 544. The molecule has 24 heavy (non-hydrogen) atoms. The average Bonchev–Trinajstić information content (AvgIpc) is 2.61. The van der Waals surface area contributed by atoms with Crippen LogP contribution in [0.1, 0.15) is 37.7 Å². The van der Waals surface area contributed by atoms with Gasteiger partial charge in [0, 0.05) is 29.5 Å². The molecule has 1 saturated heterocycles. The highest BCUT2D eigenvalue weighted by Crippen LogP contribution is 2.39. The van der Waals surface area contributed by atoms with E-state index in [-0.39, 0.29) is 29.8 Å². The normalized spacial score (nSPS) is 23.1. The van der Waals surface area contributed by atoms with Crippen molar-refractivity contribution in [2.75, 3.05) is 26.2 Å². The van der Waals surface area contributed by atoms with Crippen molar-refractivity contribution in [3.63, 3.8) is 0 Å². The smallest absolute Gasteiger partial charge is 0.250 e. The van der Waals surface area contributed by atoms with E-state index in [9.17, 15) is 4.79 Å². The molecule has 4 nitrogen and oxygen atoms in total. The summed E-state index contributed by atoms with van der Waals surface area (Å²) in [5.74, 6) is 0.0112. The predicted molar refractivity (Wildman–Crippen MR) is 102 cm³/mol. The monoisotopic (exact) mass is 416 g/mol. The molecule has 1 unspecified atom stereocenters. The van der Waals surface area contributed by atoms with Crippen LogP contribution >= 0.6 is 28.3 Å². The quantitative estimate of drug-likeness (QED) is 0.791. The molecule has 0 radical (unpaired) electrons. The van der Waals surface area contributed by atoms with Crippen molar-refractivity contribution in [3.05, 3.63) is 34.3 Å². The Morgan fingerprint density at radius 2 is 2.12 bits per heavy atom. The fourth-order valence-electron chi connectivity index (χ4n) is 3.72. The van der Waals surface area contributed by atoms with Crippen molar-refractivity contribution in [1.29, 1.82) is 0 Å². The highest BCUT2D eigenvalue weighted by Gasteiger charge is 2.35. The summed E-state index contributed by atoms with van der Waals surface area (Å²) >= 11 is 3.58. The number of hydrogen-bond acceptors (Lipinski definition) is 3. The molecule has 134 valence electrons. The lowest BCUT2D eigenvalue weighted by Crippen LogP contribution is -2.51. The molecule has 2 aliphatic rings. The van der Waals surface area contributed by atoms with Crippen molar-refractivity contribution in [1.82, 2.24) is 10.6 Å². The average molecular weight is 418 g/mol. The molecule has 2 N–H and O–H groups in total. The number of carbonyl (C=O) groups excluding carboxylic acids is 1. The van der Waals surface area contributed by atoms with E-state index in [2.05, 4.69) is 50.8 Å². The Hall–Kier alpha value is -0.620. The molecule has 2 fully saturated rings. The van der Waals surface area contributed by atoms with Gasteiger partial charge in [-0.1, -0.05) is 47.3 Å². The zero-order valence-corrected chi connectivity index (χ0v) is 16.3. The van der Waals surface area contributed by atoms with E-state index in [1.54, 1.807) is 0 Å². The molecule has 1 aromatic rings. The SMILES string of the molecule is Cl.O=C(NCC1(c2cccc(Br)c2)CCCCC1)C1CNCCO1. The Labute approximate surface area is 158 Å². The van der Waals surface area contributed by atoms with E-state index in [4.69, 9.17) is 4.74 Å². The first kappa shape index (κ1) is 19.7. The molecule has 1 aliphatic heterocycles. The number of hydrogen-bond donors (Lipinski definition) is 2. The fraction of sp³-hybridized carbons (Fsp3) is 0.611. The van der Waals surface area contributed by atoms with Gasteiger partial charge in [-0.15, -0.1) is 12.4 Å². The minimum atomic E-state index is -0.355. The summed E-state index contributed by atoms with van der Waals surface area (Å²) in [6.07, 6.45) is 5.65. The first-order chi connectivity index (χ1) is 11.2. The third kappa shape index (κ3) is 4.72. The highest BCUT2D eigenvalue weighted by atomic mass is 79.9. The molecule has 1 aromatic carbocycles. The van der Waals surface area contributed by atoms with Crippen molar-refractivity contribution < 1.29 is 9.53 Å². The minimum absolute atomic E-state index is 0. The molecule has 1 aliphatic carbocycles. The second kappa shape index (κ2) is 9.18. The topological polar surface area (TPSA) is 50.4 Å². The van der Waals surface area contributed by atoms with Crippen LogP contribution in [0, 0.1) is 0 Å². The molecule has 0 bridgehead atoms. The van der Waals surface area contributed by atoms with Gasteiger partial charge in [-0.3, -0.25) is 4.79 Å². The van der Waals surface area contributed by atoms with Crippen LogP contribution in [0.4, 0.5) is 0 Å². The van der Waals surface area contributed by atoms with Crippen LogP contribution in [0.5, 0.6) is 0 Å². The van der Waals surface area contributed by atoms with E-state index in [0.717, 1.165) is 23.9 Å². The third-order valence-corrected chi connectivity index (χ3v) is 5.56. The third-order valence-electron chi connectivity index (χ3n) is 5.07. The van der Waals surface area contributed by atoms with Crippen LogP contribution in [0.3, 0.4) is 0 Å². The van der Waals surface area contributed by atoms with Gasteiger partial charge in [0.2, 0.25) is 5.91 Å². The largest absolute Gasteiger partial charge is 0.366 e. The van der Waals surface area contributed by atoms with Gasteiger partial charge in [0.05, 0.1) is 6.61 Å². The maximum absolute atomic E-state index is 12.4. The molecule has 0 spiro atoms. The Kier molecular flexibility index (Phi) is 7.54. The molecule has 1 atom stereocenters. The molecule has 0 aromatic heterocycles. The lowest BCUT2D eigenvalue weighted by atomic mass is 9.69. The number of nitrogens with one attached hydrogen (secondary N) is 2. The number of carbonyl (C=O) groups is 1. The summed E-state index contributed by atoms with van der Waals surface area (Å²) in [6.45, 7) is 2.73. The first-order valence-corrected chi connectivity index (χ1v) is 9.35. The van der Waals surface area contributed by atoms with Crippen LogP contribution < -0.4 is 10.6 Å². The van der Waals surface area contributed by atoms with Gasteiger partial charge in [0.15, 0.2) is 0 Å². The van der Waals surface area contributed by atoms with Crippen molar-refractivity contribution >= 4 is 34.2 Å². The molecule has 1 amide bonds. The second-order valence-electron chi connectivity index (χ2n) is 6.63. The lowest BCUT2D eigenvalue weighted by Gasteiger charge is -2.38. The first-order valence-electron chi connectivity index (χ1n) is 8.56. The van der Waals surface area contributed by atoms with Crippen molar-refractivity contribution in [2.24, 2.45) is 0 Å². The van der Waals surface area contributed by atoms with Gasteiger partial charge in [0.25, 0.3) is 0 Å². The van der Waals surface area contributed by atoms with E-state index < -0.39 is 0 Å². The summed E-state index contributed by atoms with van der Waals surface area (Å²) < 4.78 is 6.66. The lowest BCUT2D eigenvalue weighted by molar-refractivity contribution is -0.134. The predicted octanol–water partition coefficient (Wildman–Crippen LogP) is 3.18. The Balaban J connectivity index is 0.00000208. The molecule has 1 saturated carbocycles. The molecular weight excluding hydrogens is 392 g/mol. The summed E-state index contributed by atoms with van der Waals surface area (Å²) in [7, 11) is 0. The Morgan fingerprint density at radius 1 is 1.33 bits per heavy atom. The maximum Gasteiger partial charge on any atom is 0.250 e. The number of ether oxygens (including phenoxy) is 1. The standard InChI is InChI=1S/C18H25BrN2O2.ClH/c19-15-6-4-5-14(11-15)18(7-2-1-3-8-18)13-21-17(22)16-12-20-9-10-23-16;/h4-6,11,16,20H,1-3,7-10,12-13H2,(H,21,22);1H. The van der Waals surface area contributed by atoms with Gasteiger partial charge in [-0.05, 0) is 30.5 Å². The van der Waals surface area contributed by atoms with Gasteiger partial charge < -0.3 is 15.4 Å². The zero-order valence-electron chi connectivity index (χ0n) is 13.9. The summed E-state index contributed by atoms with van der Waals surface area (Å²) in [6, 6.07) is 8.54. The molecule has 6 heteroatoms. The van der Waals surface area contributed by atoms with Gasteiger partial charge in [-0.2, -0.15) is 0 Å². The number of benzene rings is 1.